The SMILES string of the molecule is CCOC(=O)c1c(-c2ccc(Cl)c([N+](=O)[O-])c2)nc(=S)[nH]c1C(C)C. The number of hydrogen-bond donors (Lipinski definition) is 1. The third-order valence-electron chi connectivity index (χ3n) is 3.43. The van der Waals surface area contributed by atoms with E-state index >= 15 is 0 Å². The van der Waals surface area contributed by atoms with Gasteiger partial charge in [0, 0.05) is 17.3 Å². The first-order valence-corrected chi connectivity index (χ1v) is 8.30. The summed E-state index contributed by atoms with van der Waals surface area (Å²) in [7, 11) is 0. The summed E-state index contributed by atoms with van der Waals surface area (Å²) < 4.78 is 5.30. The van der Waals surface area contributed by atoms with Crippen LogP contribution in [0, 0.1) is 14.9 Å². The zero-order valence-electron chi connectivity index (χ0n) is 13.8. The van der Waals surface area contributed by atoms with E-state index in [1.807, 2.05) is 13.8 Å². The number of aromatic nitrogens is 2. The highest BCUT2D eigenvalue weighted by Gasteiger charge is 2.24. The second-order valence-electron chi connectivity index (χ2n) is 5.48. The van der Waals surface area contributed by atoms with Crippen LogP contribution in [0.3, 0.4) is 0 Å². The molecule has 132 valence electrons. The third kappa shape index (κ3) is 4.02. The molecule has 1 heterocycles. The number of nitrogens with one attached hydrogen (secondary N) is 1. The van der Waals surface area contributed by atoms with Crippen molar-refractivity contribution in [1.29, 1.82) is 0 Å². The molecule has 7 nitrogen and oxygen atoms in total. The van der Waals surface area contributed by atoms with E-state index in [0.29, 0.717) is 11.3 Å². The maximum absolute atomic E-state index is 12.5. The number of nitrogens with zero attached hydrogens (tertiary/aromatic N) is 2. The molecule has 0 aliphatic carbocycles. The van der Waals surface area contributed by atoms with Crippen LogP contribution in [0.4, 0.5) is 5.69 Å². The molecular weight excluding hydrogens is 366 g/mol. The first-order valence-electron chi connectivity index (χ1n) is 7.51. The van der Waals surface area contributed by atoms with Crippen LogP contribution >= 0.6 is 23.8 Å². The number of nitro groups is 1. The van der Waals surface area contributed by atoms with E-state index in [-0.39, 0.29) is 39.3 Å². The number of carbonyl (C=O) groups is 1. The normalized spacial score (nSPS) is 10.8. The molecule has 0 saturated carbocycles. The average molecular weight is 382 g/mol. The fourth-order valence-electron chi connectivity index (χ4n) is 2.34. The zero-order valence-corrected chi connectivity index (χ0v) is 15.4. The van der Waals surface area contributed by atoms with Gasteiger partial charge in [0.05, 0.1) is 17.2 Å². The van der Waals surface area contributed by atoms with Gasteiger partial charge in [-0.3, -0.25) is 10.1 Å². The number of benzene rings is 1. The first-order chi connectivity index (χ1) is 11.8. The quantitative estimate of drug-likeness (QED) is 0.350. The number of rotatable bonds is 5. The summed E-state index contributed by atoms with van der Waals surface area (Å²) in [5, 5.41) is 11.1. The number of halogens is 1. The van der Waals surface area contributed by atoms with Crippen molar-refractivity contribution in [3.05, 3.63) is 49.4 Å². The van der Waals surface area contributed by atoms with Gasteiger partial charge in [0.15, 0.2) is 4.77 Å². The molecule has 0 unspecified atom stereocenters. The highest BCUT2D eigenvalue weighted by molar-refractivity contribution is 7.71. The molecule has 1 N–H and O–H groups in total. The molecular formula is C16H16ClN3O4S. The fourth-order valence-corrected chi connectivity index (χ4v) is 2.73. The van der Waals surface area contributed by atoms with Gasteiger partial charge in [-0.05, 0) is 31.1 Å². The Morgan fingerprint density at radius 2 is 2.16 bits per heavy atom. The van der Waals surface area contributed by atoms with Gasteiger partial charge in [-0.15, -0.1) is 0 Å². The van der Waals surface area contributed by atoms with Gasteiger partial charge in [-0.25, -0.2) is 9.78 Å². The zero-order chi connectivity index (χ0) is 18.7. The summed E-state index contributed by atoms with van der Waals surface area (Å²) in [6, 6.07) is 4.21. The number of carbonyl (C=O) groups excluding carboxylic acids is 1. The average Bonchev–Trinajstić information content (AvgIpc) is 2.54. The van der Waals surface area contributed by atoms with Gasteiger partial charge in [-0.2, -0.15) is 0 Å². The smallest absolute Gasteiger partial charge is 0.342 e. The van der Waals surface area contributed by atoms with Crippen LogP contribution in [-0.4, -0.2) is 27.5 Å². The van der Waals surface area contributed by atoms with Crippen molar-refractivity contribution in [2.24, 2.45) is 0 Å². The Morgan fingerprint density at radius 1 is 1.48 bits per heavy atom. The maximum atomic E-state index is 12.5. The van der Waals surface area contributed by atoms with E-state index in [4.69, 9.17) is 28.6 Å². The van der Waals surface area contributed by atoms with Crippen molar-refractivity contribution in [1.82, 2.24) is 9.97 Å². The van der Waals surface area contributed by atoms with Gasteiger partial charge in [0.25, 0.3) is 5.69 Å². The first kappa shape index (κ1) is 19.0. The van der Waals surface area contributed by atoms with E-state index in [9.17, 15) is 14.9 Å². The Labute approximate surface area is 154 Å². The molecule has 0 aliphatic rings. The molecule has 2 rings (SSSR count). The Hall–Kier alpha value is -2.32. The molecule has 0 bridgehead atoms. The van der Waals surface area contributed by atoms with E-state index in [0.717, 1.165) is 0 Å². The molecule has 0 amide bonds. The van der Waals surface area contributed by atoms with Crippen molar-refractivity contribution < 1.29 is 14.5 Å². The number of H-pyrrole nitrogens is 1. The second kappa shape index (κ2) is 7.71. The molecule has 0 saturated heterocycles. The minimum Gasteiger partial charge on any atom is -0.462 e. The number of nitro benzene ring substituents is 1. The predicted octanol–water partition coefficient (Wildman–Crippen LogP) is 4.67. The summed E-state index contributed by atoms with van der Waals surface area (Å²) in [6.07, 6.45) is 0. The largest absolute Gasteiger partial charge is 0.462 e. The van der Waals surface area contributed by atoms with Crippen LogP contribution in [0.1, 0.15) is 42.7 Å². The van der Waals surface area contributed by atoms with Crippen molar-refractivity contribution >= 4 is 35.5 Å². The van der Waals surface area contributed by atoms with Crippen LogP contribution in [0.5, 0.6) is 0 Å². The van der Waals surface area contributed by atoms with Crippen molar-refractivity contribution in [2.45, 2.75) is 26.7 Å². The fraction of sp³-hybridized carbons (Fsp3) is 0.312. The van der Waals surface area contributed by atoms with Crippen LogP contribution in [0.15, 0.2) is 18.2 Å². The van der Waals surface area contributed by atoms with E-state index in [2.05, 4.69) is 9.97 Å². The number of aromatic amines is 1. The molecule has 0 atom stereocenters. The Morgan fingerprint density at radius 3 is 2.72 bits per heavy atom. The molecule has 2 aromatic rings. The minimum atomic E-state index is -0.594. The number of hydrogen-bond acceptors (Lipinski definition) is 6. The summed E-state index contributed by atoms with van der Waals surface area (Å²) in [6.45, 7) is 5.65. The Balaban J connectivity index is 2.80. The lowest BCUT2D eigenvalue weighted by atomic mass is 9.98. The predicted molar refractivity (Wildman–Crippen MR) is 96.6 cm³/mol. The number of esters is 1. The molecule has 1 aromatic heterocycles. The standard InChI is InChI=1S/C16H16ClN3O4S/c1-4-24-15(21)12-13(8(2)3)18-16(25)19-14(12)9-5-6-10(17)11(7-9)20(22)23/h5-8H,4H2,1-3H3,(H,18,19,25). The van der Waals surface area contributed by atoms with Gasteiger partial charge < -0.3 is 9.72 Å². The monoisotopic (exact) mass is 381 g/mol. The second-order valence-corrected chi connectivity index (χ2v) is 6.27. The molecule has 9 heteroatoms. The molecule has 25 heavy (non-hydrogen) atoms. The summed E-state index contributed by atoms with van der Waals surface area (Å²) in [5.74, 6) is -0.636. The highest BCUT2D eigenvalue weighted by Crippen LogP contribution is 2.33. The lowest BCUT2D eigenvalue weighted by Crippen LogP contribution is -2.14. The van der Waals surface area contributed by atoms with Gasteiger partial charge in [0.2, 0.25) is 0 Å². The summed E-state index contributed by atoms with van der Waals surface area (Å²) in [5.41, 5.74) is 1.08. The molecule has 0 aliphatic heterocycles. The Bertz CT molecular complexity index is 895. The van der Waals surface area contributed by atoms with Crippen molar-refractivity contribution in [3.63, 3.8) is 0 Å². The van der Waals surface area contributed by atoms with Gasteiger partial charge in [-0.1, -0.05) is 31.5 Å². The van der Waals surface area contributed by atoms with Crippen molar-refractivity contribution in [3.8, 4) is 11.3 Å². The van der Waals surface area contributed by atoms with Crippen LogP contribution in [-0.2, 0) is 4.74 Å². The van der Waals surface area contributed by atoms with E-state index < -0.39 is 10.9 Å². The van der Waals surface area contributed by atoms with Gasteiger partial charge in [0.1, 0.15) is 10.6 Å². The molecule has 0 spiro atoms. The van der Waals surface area contributed by atoms with Crippen LogP contribution < -0.4 is 0 Å². The topological polar surface area (TPSA) is 98.1 Å². The van der Waals surface area contributed by atoms with Crippen LogP contribution in [0.25, 0.3) is 11.3 Å². The maximum Gasteiger partial charge on any atom is 0.342 e. The van der Waals surface area contributed by atoms with E-state index in [1.165, 1.54) is 12.1 Å². The minimum absolute atomic E-state index is 0.00314. The highest BCUT2D eigenvalue weighted by atomic mass is 35.5. The third-order valence-corrected chi connectivity index (χ3v) is 3.95. The lowest BCUT2D eigenvalue weighted by Gasteiger charge is -2.15. The van der Waals surface area contributed by atoms with Gasteiger partial charge >= 0.3 is 5.97 Å². The number of ether oxygens (including phenoxy) is 1. The van der Waals surface area contributed by atoms with Crippen LogP contribution in [0.2, 0.25) is 5.02 Å². The van der Waals surface area contributed by atoms with E-state index in [1.54, 1.807) is 13.0 Å². The molecule has 0 fully saturated rings. The summed E-state index contributed by atoms with van der Waals surface area (Å²) >= 11 is 11.0. The Kier molecular flexibility index (Phi) is 5.86. The molecule has 1 aromatic carbocycles. The lowest BCUT2D eigenvalue weighted by molar-refractivity contribution is -0.384. The summed E-state index contributed by atoms with van der Waals surface area (Å²) in [4.78, 5) is 30.2. The van der Waals surface area contributed by atoms with Crippen molar-refractivity contribution in [2.75, 3.05) is 6.61 Å². The molecule has 0 radical (unpaired) electrons.